The van der Waals surface area contributed by atoms with Gasteiger partial charge < -0.3 is 15.6 Å². The largest absolute Gasteiger partial charge is 0.416 e. The van der Waals surface area contributed by atoms with Gasteiger partial charge in [0.15, 0.2) is 0 Å². The normalized spacial score (nSPS) is 12.9. The summed E-state index contributed by atoms with van der Waals surface area (Å²) in [4.78, 5) is 15.9. The van der Waals surface area contributed by atoms with Crippen LogP contribution in [0.5, 0.6) is 0 Å². The number of hydrogen-bond acceptors (Lipinski definition) is 2. The summed E-state index contributed by atoms with van der Waals surface area (Å²) in [5.74, 6) is -0.336. The summed E-state index contributed by atoms with van der Waals surface area (Å²) in [6, 6.07) is 10.3. The maximum Gasteiger partial charge on any atom is 0.416 e. The van der Waals surface area contributed by atoms with E-state index in [0.717, 1.165) is 28.6 Å². The molecule has 1 heterocycles. The number of amides is 1. The van der Waals surface area contributed by atoms with Crippen LogP contribution in [0, 0.1) is 5.92 Å². The number of halogens is 4. The Bertz CT molecular complexity index is 1030. The fourth-order valence-corrected chi connectivity index (χ4v) is 3.51. The van der Waals surface area contributed by atoms with Crippen molar-refractivity contribution in [1.29, 1.82) is 0 Å². The number of hydrogen-bond donors (Lipinski definition) is 3. The van der Waals surface area contributed by atoms with Crippen molar-refractivity contribution in [3.63, 3.8) is 0 Å². The van der Waals surface area contributed by atoms with Gasteiger partial charge in [0.2, 0.25) is 5.91 Å². The number of aromatic nitrogens is 1. The molecule has 0 aliphatic rings. The molecule has 30 heavy (non-hydrogen) atoms. The molecule has 1 amide bonds. The van der Waals surface area contributed by atoms with Crippen LogP contribution in [0.4, 0.5) is 18.9 Å². The van der Waals surface area contributed by atoms with Crippen molar-refractivity contribution in [2.45, 2.75) is 32.5 Å². The van der Waals surface area contributed by atoms with Crippen LogP contribution in [-0.4, -0.2) is 23.5 Å². The van der Waals surface area contributed by atoms with Gasteiger partial charge in [-0.25, -0.2) is 0 Å². The third kappa shape index (κ3) is 5.08. The maximum absolute atomic E-state index is 12.8. The van der Waals surface area contributed by atoms with Crippen molar-refractivity contribution in [2.24, 2.45) is 5.92 Å². The van der Waals surface area contributed by atoms with Crippen LogP contribution in [0.15, 0.2) is 48.7 Å². The summed E-state index contributed by atoms with van der Waals surface area (Å²) in [6.45, 7) is 4.15. The van der Waals surface area contributed by atoms with Crippen molar-refractivity contribution in [2.75, 3.05) is 11.9 Å². The zero-order valence-corrected chi connectivity index (χ0v) is 17.4. The van der Waals surface area contributed by atoms with Crippen molar-refractivity contribution < 1.29 is 18.0 Å². The fraction of sp³-hybridized carbons (Fsp3) is 0.318. The van der Waals surface area contributed by atoms with Crippen LogP contribution in [0.3, 0.4) is 0 Å². The number of rotatable bonds is 7. The van der Waals surface area contributed by atoms with Gasteiger partial charge in [0, 0.05) is 23.6 Å². The molecule has 2 aromatic carbocycles. The average Bonchev–Trinajstić information content (AvgIpc) is 3.09. The number of alkyl halides is 3. The molecular formula is C22H23ClF3N3O. The van der Waals surface area contributed by atoms with Crippen LogP contribution in [0.1, 0.15) is 25.0 Å². The minimum absolute atomic E-state index is 0.0814. The van der Waals surface area contributed by atoms with Gasteiger partial charge in [0.25, 0.3) is 0 Å². The highest BCUT2D eigenvalue weighted by atomic mass is 35.5. The Hall–Kier alpha value is -2.67. The highest BCUT2D eigenvalue weighted by Gasteiger charge is 2.31. The van der Waals surface area contributed by atoms with Crippen molar-refractivity contribution >= 4 is 34.1 Å². The van der Waals surface area contributed by atoms with Gasteiger partial charge in [-0.15, -0.1) is 0 Å². The number of fused-ring (bicyclic) bond motifs is 1. The van der Waals surface area contributed by atoms with E-state index in [2.05, 4.69) is 15.6 Å². The number of benzene rings is 2. The molecular weight excluding hydrogens is 415 g/mol. The Morgan fingerprint density at radius 3 is 2.57 bits per heavy atom. The Morgan fingerprint density at radius 2 is 1.90 bits per heavy atom. The molecule has 0 spiro atoms. The predicted octanol–water partition coefficient (Wildman–Crippen LogP) is 5.64. The van der Waals surface area contributed by atoms with Gasteiger partial charge in [-0.3, -0.25) is 4.79 Å². The lowest BCUT2D eigenvalue weighted by atomic mass is 10.0. The highest BCUT2D eigenvalue weighted by molar-refractivity contribution is 6.33. The van der Waals surface area contributed by atoms with E-state index in [1.165, 1.54) is 6.07 Å². The Labute approximate surface area is 177 Å². The zero-order chi connectivity index (χ0) is 21.9. The van der Waals surface area contributed by atoms with Gasteiger partial charge >= 0.3 is 6.18 Å². The third-order valence-electron chi connectivity index (χ3n) is 4.93. The minimum Gasteiger partial charge on any atom is -0.372 e. The molecule has 3 N–H and O–H groups in total. The second-order valence-corrected chi connectivity index (χ2v) is 7.87. The van der Waals surface area contributed by atoms with E-state index >= 15 is 0 Å². The fourth-order valence-electron chi connectivity index (χ4n) is 3.28. The monoisotopic (exact) mass is 437 g/mol. The van der Waals surface area contributed by atoms with Gasteiger partial charge in [-0.2, -0.15) is 13.2 Å². The predicted molar refractivity (Wildman–Crippen MR) is 114 cm³/mol. The Balaban J connectivity index is 1.64. The Morgan fingerprint density at radius 1 is 1.17 bits per heavy atom. The SMILES string of the molecule is CC(C)[C@@H](Nc1ccc(C(F)(F)F)cc1Cl)C(=O)NCCc1c[nH]c2ccccc12. The molecule has 0 aliphatic carbocycles. The van der Waals surface area contributed by atoms with E-state index in [1.807, 2.05) is 44.3 Å². The van der Waals surface area contributed by atoms with Gasteiger partial charge in [-0.05, 0) is 42.2 Å². The van der Waals surface area contributed by atoms with Crippen LogP contribution in [0.25, 0.3) is 10.9 Å². The number of H-pyrrole nitrogens is 1. The first-order valence-corrected chi connectivity index (χ1v) is 10.0. The lowest BCUT2D eigenvalue weighted by molar-refractivity contribution is -0.137. The molecule has 4 nitrogen and oxygen atoms in total. The number of para-hydroxylation sites is 1. The zero-order valence-electron chi connectivity index (χ0n) is 16.6. The maximum atomic E-state index is 12.8. The summed E-state index contributed by atoms with van der Waals surface area (Å²) in [7, 11) is 0. The first-order valence-electron chi connectivity index (χ1n) is 9.63. The summed E-state index contributed by atoms with van der Waals surface area (Å²) < 4.78 is 38.5. The number of carbonyl (C=O) groups excluding carboxylic acids is 1. The lowest BCUT2D eigenvalue weighted by Crippen LogP contribution is -2.43. The molecule has 1 aromatic heterocycles. The van der Waals surface area contributed by atoms with Crippen molar-refractivity contribution in [3.05, 3.63) is 64.8 Å². The van der Waals surface area contributed by atoms with Crippen LogP contribution in [0.2, 0.25) is 5.02 Å². The third-order valence-corrected chi connectivity index (χ3v) is 5.24. The smallest absolute Gasteiger partial charge is 0.372 e. The van der Waals surface area contributed by atoms with E-state index in [9.17, 15) is 18.0 Å². The average molecular weight is 438 g/mol. The molecule has 160 valence electrons. The van der Waals surface area contributed by atoms with E-state index in [-0.39, 0.29) is 22.5 Å². The molecule has 0 saturated heterocycles. The van der Waals surface area contributed by atoms with E-state index in [1.54, 1.807) is 0 Å². The number of anilines is 1. The molecule has 8 heteroatoms. The van der Waals surface area contributed by atoms with E-state index < -0.39 is 17.8 Å². The minimum atomic E-state index is -4.47. The number of nitrogens with one attached hydrogen (secondary N) is 3. The van der Waals surface area contributed by atoms with Gasteiger partial charge in [-0.1, -0.05) is 43.6 Å². The van der Waals surface area contributed by atoms with Crippen molar-refractivity contribution in [1.82, 2.24) is 10.3 Å². The second kappa shape index (κ2) is 9.00. The second-order valence-electron chi connectivity index (χ2n) is 7.46. The summed E-state index contributed by atoms with van der Waals surface area (Å²) in [5.41, 5.74) is 1.60. The standard InChI is InChI=1S/C22H23ClF3N3O/c1-13(2)20(29-19-8-7-15(11-17(19)23)22(24,25)26)21(30)27-10-9-14-12-28-18-6-4-3-5-16(14)18/h3-8,11-13,20,28-29H,9-10H2,1-2H3,(H,27,30)/t20-/m1/s1. The molecule has 3 aromatic rings. The lowest BCUT2D eigenvalue weighted by Gasteiger charge is -2.23. The van der Waals surface area contributed by atoms with E-state index in [0.29, 0.717) is 13.0 Å². The topological polar surface area (TPSA) is 56.9 Å². The molecule has 0 saturated carbocycles. The van der Waals surface area contributed by atoms with Crippen LogP contribution in [-0.2, 0) is 17.4 Å². The van der Waals surface area contributed by atoms with Crippen LogP contribution < -0.4 is 10.6 Å². The molecule has 1 atom stereocenters. The molecule has 0 aliphatic heterocycles. The molecule has 0 unspecified atom stereocenters. The number of carbonyl (C=O) groups is 1. The summed E-state index contributed by atoms with van der Waals surface area (Å²) in [5, 5.41) is 6.92. The summed E-state index contributed by atoms with van der Waals surface area (Å²) >= 11 is 6.02. The molecule has 0 fully saturated rings. The molecule has 0 radical (unpaired) electrons. The Kier molecular flexibility index (Phi) is 6.61. The quantitative estimate of drug-likeness (QED) is 0.448. The highest BCUT2D eigenvalue weighted by Crippen LogP contribution is 2.34. The van der Waals surface area contributed by atoms with Gasteiger partial charge in [0.1, 0.15) is 6.04 Å². The van der Waals surface area contributed by atoms with Crippen molar-refractivity contribution in [3.8, 4) is 0 Å². The van der Waals surface area contributed by atoms with Gasteiger partial charge in [0.05, 0.1) is 16.3 Å². The number of aromatic amines is 1. The summed E-state index contributed by atoms with van der Waals surface area (Å²) in [6.07, 6.45) is -1.89. The molecule has 0 bridgehead atoms. The van der Waals surface area contributed by atoms with Crippen LogP contribution >= 0.6 is 11.6 Å². The first-order chi connectivity index (χ1) is 14.2. The van der Waals surface area contributed by atoms with E-state index in [4.69, 9.17) is 11.6 Å². The molecule has 3 rings (SSSR count). The first kappa shape index (κ1) is 22.0.